The number of aromatic nitrogens is 2. The molecule has 0 aliphatic heterocycles. The molecule has 0 spiro atoms. The first-order chi connectivity index (χ1) is 5.08. The maximum Gasteiger partial charge on any atom is 0.389 e. The van der Waals surface area contributed by atoms with Crippen LogP contribution >= 0.6 is 0 Å². The molecule has 11 heavy (non-hydrogen) atoms. The molecule has 1 heterocycles. The van der Waals surface area contributed by atoms with Crippen molar-refractivity contribution in [1.82, 2.24) is 9.97 Å². The van der Waals surface area contributed by atoms with Crippen molar-refractivity contribution in [2.75, 3.05) is 0 Å². The third kappa shape index (κ3) is 3.06. The van der Waals surface area contributed by atoms with Crippen LogP contribution in [0, 0.1) is 6.20 Å². The normalized spacial score (nSPS) is 11.9. The van der Waals surface area contributed by atoms with Gasteiger partial charge in [0.25, 0.3) is 0 Å². The molecule has 0 bridgehead atoms. The zero-order chi connectivity index (χ0) is 8.32. The van der Waals surface area contributed by atoms with Crippen molar-refractivity contribution in [3.05, 3.63) is 18.2 Å². The number of rotatable bonds is 2. The van der Waals surface area contributed by atoms with Gasteiger partial charge in [-0.15, -0.1) is 0 Å². The first-order valence-electron chi connectivity index (χ1n) is 3.05. The predicted octanol–water partition coefficient (Wildman–Crippen LogP) is 1.70. The lowest BCUT2D eigenvalue weighted by Gasteiger charge is -2.02. The molecular weight excluding hydrogens is 157 g/mol. The molecule has 1 rings (SSSR count). The summed E-state index contributed by atoms with van der Waals surface area (Å²) >= 11 is 0. The highest BCUT2D eigenvalue weighted by molar-refractivity contribution is 4.86. The molecule has 0 aliphatic carbocycles. The monoisotopic (exact) mass is 163 g/mol. The third-order valence-corrected chi connectivity index (χ3v) is 1.15. The summed E-state index contributed by atoms with van der Waals surface area (Å²) in [7, 11) is 0. The minimum atomic E-state index is -4.10. The minimum absolute atomic E-state index is 0.104. The predicted molar refractivity (Wildman–Crippen MR) is 31.8 cm³/mol. The molecule has 1 aromatic heterocycles. The zero-order valence-electron chi connectivity index (χ0n) is 5.57. The number of hydrogen-bond acceptors (Lipinski definition) is 1. The average Bonchev–Trinajstić information content (AvgIpc) is 2.32. The van der Waals surface area contributed by atoms with E-state index in [0.29, 0.717) is 5.82 Å². The number of H-pyrrole nitrogens is 1. The maximum atomic E-state index is 11.6. The summed E-state index contributed by atoms with van der Waals surface area (Å²) in [5, 5.41) is 0. The van der Waals surface area contributed by atoms with Crippen molar-refractivity contribution in [3.63, 3.8) is 0 Å². The van der Waals surface area contributed by atoms with Crippen LogP contribution < -0.4 is 0 Å². The van der Waals surface area contributed by atoms with E-state index in [1.807, 2.05) is 0 Å². The quantitative estimate of drug-likeness (QED) is 0.706. The smallest absolute Gasteiger partial charge is 0.348 e. The van der Waals surface area contributed by atoms with E-state index in [0.717, 1.165) is 0 Å². The highest BCUT2D eigenvalue weighted by atomic mass is 19.4. The Kier molecular flexibility index (Phi) is 2.16. The van der Waals surface area contributed by atoms with Gasteiger partial charge in [0.1, 0.15) is 12.0 Å². The van der Waals surface area contributed by atoms with Crippen LogP contribution in [0.25, 0.3) is 0 Å². The molecule has 1 N–H and O–H groups in total. The van der Waals surface area contributed by atoms with Gasteiger partial charge in [0.05, 0.1) is 6.42 Å². The van der Waals surface area contributed by atoms with E-state index in [1.54, 1.807) is 0 Å². The van der Waals surface area contributed by atoms with E-state index in [-0.39, 0.29) is 6.42 Å². The number of alkyl halides is 3. The van der Waals surface area contributed by atoms with Crippen LogP contribution in [0.15, 0.2) is 6.20 Å². The number of nitrogens with one attached hydrogen (secondary N) is 1. The number of hydrogen-bond donors (Lipinski definition) is 1. The van der Waals surface area contributed by atoms with Gasteiger partial charge in [-0.05, 0) is 0 Å². The molecule has 61 valence electrons. The van der Waals surface area contributed by atoms with E-state index in [9.17, 15) is 13.2 Å². The Hall–Kier alpha value is -1.00. The number of aryl methyl sites for hydroxylation is 1. The number of imidazole rings is 1. The van der Waals surface area contributed by atoms with Gasteiger partial charge in [0.15, 0.2) is 0 Å². The van der Waals surface area contributed by atoms with Crippen LogP contribution in [0.4, 0.5) is 13.2 Å². The van der Waals surface area contributed by atoms with Crippen LogP contribution in [-0.2, 0) is 6.42 Å². The van der Waals surface area contributed by atoms with Crippen LogP contribution in [0.1, 0.15) is 12.2 Å². The molecular formula is C6H6F3N2. The Morgan fingerprint density at radius 2 is 2.27 bits per heavy atom. The molecule has 0 saturated heterocycles. The fourth-order valence-corrected chi connectivity index (χ4v) is 0.646. The average molecular weight is 163 g/mol. The lowest BCUT2D eigenvalue weighted by molar-refractivity contribution is -0.134. The van der Waals surface area contributed by atoms with E-state index in [2.05, 4.69) is 16.2 Å². The Morgan fingerprint density at radius 1 is 1.55 bits per heavy atom. The van der Waals surface area contributed by atoms with Crippen molar-refractivity contribution in [2.45, 2.75) is 19.0 Å². The van der Waals surface area contributed by atoms with Gasteiger partial charge in [-0.25, -0.2) is 4.98 Å². The lowest BCUT2D eigenvalue weighted by atomic mass is 10.3. The second kappa shape index (κ2) is 2.94. The topological polar surface area (TPSA) is 28.7 Å². The van der Waals surface area contributed by atoms with Gasteiger partial charge < -0.3 is 4.98 Å². The van der Waals surface area contributed by atoms with Crippen molar-refractivity contribution >= 4 is 0 Å². The number of nitrogens with zero attached hydrogens (tertiary/aromatic N) is 1. The van der Waals surface area contributed by atoms with Crippen molar-refractivity contribution in [3.8, 4) is 0 Å². The third-order valence-electron chi connectivity index (χ3n) is 1.15. The summed E-state index contributed by atoms with van der Waals surface area (Å²) in [5.41, 5.74) is 0. The van der Waals surface area contributed by atoms with Crippen LogP contribution in [0.3, 0.4) is 0 Å². The first-order valence-corrected chi connectivity index (χ1v) is 3.05. The Balaban J connectivity index is 2.35. The largest absolute Gasteiger partial charge is 0.389 e. The summed E-state index contributed by atoms with van der Waals surface area (Å²) < 4.78 is 34.8. The van der Waals surface area contributed by atoms with E-state index < -0.39 is 12.6 Å². The molecule has 0 aliphatic rings. The van der Waals surface area contributed by atoms with Gasteiger partial charge in [-0.1, -0.05) is 0 Å². The van der Waals surface area contributed by atoms with Crippen LogP contribution in [0.5, 0.6) is 0 Å². The SMILES string of the molecule is FC(F)(F)CCc1n[c]c[nH]1. The summed E-state index contributed by atoms with van der Waals surface area (Å²) in [6.07, 6.45) is -1.27. The minimum Gasteiger partial charge on any atom is -0.348 e. The molecule has 0 saturated carbocycles. The summed E-state index contributed by atoms with van der Waals surface area (Å²) in [5.74, 6) is 0.322. The van der Waals surface area contributed by atoms with Crippen molar-refractivity contribution in [1.29, 1.82) is 0 Å². The van der Waals surface area contributed by atoms with E-state index >= 15 is 0 Å². The maximum absolute atomic E-state index is 11.6. The molecule has 1 radical (unpaired) electrons. The van der Waals surface area contributed by atoms with Crippen molar-refractivity contribution < 1.29 is 13.2 Å². The highest BCUT2D eigenvalue weighted by Crippen LogP contribution is 2.20. The number of halogens is 3. The van der Waals surface area contributed by atoms with Gasteiger partial charge in [0.2, 0.25) is 0 Å². The second-order valence-corrected chi connectivity index (χ2v) is 2.09. The molecule has 0 atom stereocenters. The Bertz CT molecular complexity index is 202. The van der Waals surface area contributed by atoms with Crippen LogP contribution in [0.2, 0.25) is 0 Å². The van der Waals surface area contributed by atoms with Gasteiger partial charge in [-0.3, -0.25) is 0 Å². The second-order valence-electron chi connectivity index (χ2n) is 2.09. The summed E-state index contributed by atoms with van der Waals surface area (Å²) in [6.45, 7) is 0. The van der Waals surface area contributed by atoms with E-state index in [1.165, 1.54) is 6.20 Å². The summed E-state index contributed by atoms with van der Waals surface area (Å²) in [4.78, 5) is 6.08. The zero-order valence-corrected chi connectivity index (χ0v) is 5.57. The Morgan fingerprint density at radius 3 is 2.73 bits per heavy atom. The fourth-order valence-electron chi connectivity index (χ4n) is 0.646. The molecule has 0 amide bonds. The van der Waals surface area contributed by atoms with Crippen LogP contribution in [-0.4, -0.2) is 16.1 Å². The Labute approximate surface area is 61.5 Å². The highest BCUT2D eigenvalue weighted by Gasteiger charge is 2.26. The van der Waals surface area contributed by atoms with Gasteiger partial charge in [-0.2, -0.15) is 13.2 Å². The first kappa shape index (κ1) is 8.10. The molecule has 5 heteroatoms. The molecule has 0 aromatic carbocycles. The van der Waals surface area contributed by atoms with E-state index in [4.69, 9.17) is 0 Å². The number of aromatic amines is 1. The van der Waals surface area contributed by atoms with Gasteiger partial charge in [0, 0.05) is 12.6 Å². The standard InChI is InChI=1S/C6H6F3N2/c7-6(8,9)2-1-5-10-3-4-11-5/h3H,1-2H2,(H,10,11). The molecule has 1 aromatic rings. The lowest BCUT2D eigenvalue weighted by Crippen LogP contribution is -2.09. The van der Waals surface area contributed by atoms with Crippen molar-refractivity contribution in [2.24, 2.45) is 0 Å². The summed E-state index contributed by atoms with van der Waals surface area (Å²) in [6, 6.07) is 0. The molecule has 2 nitrogen and oxygen atoms in total. The molecule has 0 fully saturated rings. The molecule has 0 unspecified atom stereocenters. The van der Waals surface area contributed by atoms with Gasteiger partial charge >= 0.3 is 6.18 Å². The fraction of sp³-hybridized carbons (Fsp3) is 0.500.